The molecule has 0 saturated heterocycles. The molecule has 6 nitrogen and oxygen atoms in total. The van der Waals surface area contributed by atoms with E-state index in [9.17, 15) is 4.79 Å². The summed E-state index contributed by atoms with van der Waals surface area (Å²) in [5.41, 5.74) is 2.40. The number of carbonyl (C=O) groups excluding carboxylic acids is 1. The molecule has 0 saturated carbocycles. The van der Waals surface area contributed by atoms with E-state index in [0.29, 0.717) is 12.2 Å². The van der Waals surface area contributed by atoms with E-state index >= 15 is 0 Å². The highest BCUT2D eigenvalue weighted by Gasteiger charge is 2.17. The first-order chi connectivity index (χ1) is 9.01. The predicted molar refractivity (Wildman–Crippen MR) is 71.8 cm³/mol. The lowest BCUT2D eigenvalue weighted by Gasteiger charge is -2.12. The van der Waals surface area contributed by atoms with Gasteiger partial charge in [0.05, 0.1) is 11.7 Å². The van der Waals surface area contributed by atoms with Gasteiger partial charge in [0.2, 0.25) is 0 Å². The average molecular weight is 261 g/mol. The highest BCUT2D eigenvalue weighted by Crippen LogP contribution is 2.10. The highest BCUT2D eigenvalue weighted by molar-refractivity contribution is 5.92. The number of amides is 1. The molecule has 1 amide bonds. The maximum atomic E-state index is 12.2. The maximum absolute atomic E-state index is 12.2. The highest BCUT2D eigenvalue weighted by atomic mass is 16.2. The minimum atomic E-state index is -0.165. The Kier molecular flexibility index (Phi) is 3.69. The summed E-state index contributed by atoms with van der Waals surface area (Å²) in [4.78, 5) is 19.6. The van der Waals surface area contributed by atoms with E-state index < -0.39 is 0 Å². The van der Waals surface area contributed by atoms with Gasteiger partial charge >= 0.3 is 0 Å². The second-order valence-electron chi connectivity index (χ2n) is 4.63. The van der Waals surface area contributed by atoms with Gasteiger partial charge in [-0.1, -0.05) is 0 Å². The van der Waals surface area contributed by atoms with E-state index in [0.717, 1.165) is 17.2 Å². The van der Waals surface area contributed by atoms with Crippen LogP contribution >= 0.6 is 0 Å². The summed E-state index contributed by atoms with van der Waals surface area (Å²) in [6.45, 7) is 8.34. The van der Waals surface area contributed by atoms with Crippen molar-refractivity contribution in [3.63, 3.8) is 0 Å². The Bertz CT molecular complexity index is 584. The van der Waals surface area contributed by atoms with Crippen LogP contribution in [0.4, 0.5) is 0 Å². The summed E-state index contributed by atoms with van der Waals surface area (Å²) < 4.78 is 1.70. The van der Waals surface area contributed by atoms with Crippen LogP contribution in [0.2, 0.25) is 0 Å². The zero-order chi connectivity index (χ0) is 14.0. The van der Waals surface area contributed by atoms with E-state index in [-0.39, 0.29) is 11.9 Å². The van der Waals surface area contributed by atoms with Crippen LogP contribution in [0, 0.1) is 13.8 Å². The van der Waals surface area contributed by atoms with Gasteiger partial charge in [0.1, 0.15) is 11.5 Å². The molecule has 2 N–H and O–H groups in total. The Hall–Kier alpha value is -2.11. The number of H-pyrrole nitrogens is 1. The number of aromatic amines is 1. The zero-order valence-corrected chi connectivity index (χ0v) is 11.7. The fourth-order valence-corrected chi connectivity index (χ4v) is 1.96. The Labute approximate surface area is 112 Å². The van der Waals surface area contributed by atoms with Crippen molar-refractivity contribution in [2.75, 3.05) is 0 Å². The van der Waals surface area contributed by atoms with Gasteiger partial charge in [-0.3, -0.25) is 9.48 Å². The predicted octanol–water partition coefficient (Wildman–Crippen LogP) is 1.73. The number of rotatable bonds is 4. The number of carbonyl (C=O) groups is 1. The first-order valence-corrected chi connectivity index (χ1v) is 6.38. The van der Waals surface area contributed by atoms with Gasteiger partial charge in [-0.25, -0.2) is 4.98 Å². The quantitative estimate of drug-likeness (QED) is 0.880. The lowest BCUT2D eigenvalue weighted by molar-refractivity contribution is 0.0927. The summed E-state index contributed by atoms with van der Waals surface area (Å²) in [5, 5.41) is 7.19. The summed E-state index contributed by atoms with van der Waals surface area (Å²) in [6, 6.07) is 1.63. The van der Waals surface area contributed by atoms with Crippen LogP contribution < -0.4 is 5.32 Å². The fraction of sp³-hybridized carbons (Fsp3) is 0.462. The van der Waals surface area contributed by atoms with Crippen molar-refractivity contribution in [3.8, 4) is 0 Å². The summed E-state index contributed by atoms with van der Waals surface area (Å²) >= 11 is 0. The molecule has 2 aromatic heterocycles. The van der Waals surface area contributed by atoms with Gasteiger partial charge in [-0.15, -0.1) is 0 Å². The number of hydrogen-bond donors (Lipinski definition) is 2. The van der Waals surface area contributed by atoms with Crippen LogP contribution in [0.15, 0.2) is 12.3 Å². The minimum Gasteiger partial charge on any atom is -0.344 e. The zero-order valence-electron chi connectivity index (χ0n) is 11.7. The van der Waals surface area contributed by atoms with E-state index in [2.05, 4.69) is 20.4 Å². The molecular formula is C13H19N5O. The van der Waals surface area contributed by atoms with Gasteiger partial charge in [0.15, 0.2) is 0 Å². The van der Waals surface area contributed by atoms with Crippen LogP contribution in [0.1, 0.15) is 47.6 Å². The summed E-state index contributed by atoms with van der Waals surface area (Å²) in [5.74, 6) is 0.620. The molecule has 6 heteroatoms. The van der Waals surface area contributed by atoms with Crippen LogP contribution in [0.25, 0.3) is 0 Å². The number of nitrogens with one attached hydrogen (secondary N) is 2. The molecule has 0 spiro atoms. The van der Waals surface area contributed by atoms with Gasteiger partial charge in [0, 0.05) is 18.4 Å². The Morgan fingerprint density at radius 1 is 1.53 bits per heavy atom. The van der Waals surface area contributed by atoms with E-state index in [1.165, 1.54) is 0 Å². The van der Waals surface area contributed by atoms with Crippen LogP contribution in [-0.2, 0) is 6.54 Å². The third kappa shape index (κ3) is 2.83. The number of imidazole rings is 1. The Morgan fingerprint density at radius 3 is 2.84 bits per heavy atom. The topological polar surface area (TPSA) is 75.6 Å². The van der Waals surface area contributed by atoms with Crippen molar-refractivity contribution in [1.29, 1.82) is 0 Å². The average Bonchev–Trinajstić information content (AvgIpc) is 2.95. The summed E-state index contributed by atoms with van der Waals surface area (Å²) in [7, 11) is 0. The third-order valence-corrected chi connectivity index (χ3v) is 2.91. The second-order valence-corrected chi connectivity index (χ2v) is 4.63. The molecule has 0 fully saturated rings. The number of hydrogen-bond acceptors (Lipinski definition) is 3. The van der Waals surface area contributed by atoms with Gasteiger partial charge in [-0.2, -0.15) is 5.10 Å². The maximum Gasteiger partial charge on any atom is 0.270 e. The standard InChI is InChI=1S/C13H19N5O/c1-5-18-11(6-8(2)17-18)13(19)16-10(4)12-14-7-9(3)15-12/h6-7,10H,5H2,1-4H3,(H,14,15)(H,16,19). The monoisotopic (exact) mass is 261 g/mol. The molecule has 0 aliphatic carbocycles. The van der Waals surface area contributed by atoms with Gasteiger partial charge in [-0.05, 0) is 33.8 Å². The van der Waals surface area contributed by atoms with E-state index in [1.807, 2.05) is 27.7 Å². The molecule has 2 aromatic rings. The molecule has 0 aliphatic rings. The van der Waals surface area contributed by atoms with Gasteiger partial charge in [0.25, 0.3) is 5.91 Å². The lowest BCUT2D eigenvalue weighted by Crippen LogP contribution is -2.29. The molecule has 0 aliphatic heterocycles. The molecule has 1 atom stereocenters. The van der Waals surface area contributed by atoms with E-state index in [1.54, 1.807) is 16.9 Å². The number of aryl methyl sites for hydroxylation is 3. The van der Waals surface area contributed by atoms with Crippen molar-refractivity contribution in [2.45, 2.75) is 40.3 Å². The number of nitrogens with zero attached hydrogens (tertiary/aromatic N) is 3. The molecule has 0 radical (unpaired) electrons. The van der Waals surface area contributed by atoms with Gasteiger partial charge < -0.3 is 10.3 Å². The van der Waals surface area contributed by atoms with Crippen molar-refractivity contribution in [3.05, 3.63) is 35.2 Å². The Balaban J connectivity index is 2.12. The fourth-order valence-electron chi connectivity index (χ4n) is 1.96. The van der Waals surface area contributed by atoms with Crippen LogP contribution in [-0.4, -0.2) is 25.7 Å². The van der Waals surface area contributed by atoms with Crippen molar-refractivity contribution < 1.29 is 4.79 Å². The second kappa shape index (κ2) is 5.26. The van der Waals surface area contributed by atoms with Crippen LogP contribution in [0.3, 0.4) is 0 Å². The first kappa shape index (κ1) is 13.3. The molecule has 0 bridgehead atoms. The molecule has 0 aromatic carbocycles. The van der Waals surface area contributed by atoms with Crippen molar-refractivity contribution in [1.82, 2.24) is 25.1 Å². The van der Waals surface area contributed by atoms with Crippen LogP contribution in [0.5, 0.6) is 0 Å². The van der Waals surface area contributed by atoms with Crippen molar-refractivity contribution >= 4 is 5.91 Å². The lowest BCUT2D eigenvalue weighted by atomic mass is 10.3. The smallest absolute Gasteiger partial charge is 0.270 e. The SMILES string of the molecule is CCn1nc(C)cc1C(=O)NC(C)c1ncc(C)[nH]1. The molecule has 102 valence electrons. The number of aromatic nitrogens is 4. The Morgan fingerprint density at radius 2 is 2.26 bits per heavy atom. The molecule has 1 unspecified atom stereocenters. The first-order valence-electron chi connectivity index (χ1n) is 6.38. The molecule has 2 rings (SSSR count). The summed E-state index contributed by atoms with van der Waals surface area (Å²) in [6.07, 6.45) is 1.75. The molecule has 2 heterocycles. The van der Waals surface area contributed by atoms with Crippen molar-refractivity contribution in [2.24, 2.45) is 0 Å². The van der Waals surface area contributed by atoms with E-state index in [4.69, 9.17) is 0 Å². The molecular weight excluding hydrogens is 242 g/mol. The molecule has 19 heavy (non-hydrogen) atoms. The minimum absolute atomic E-state index is 0.135. The third-order valence-electron chi connectivity index (χ3n) is 2.91. The largest absolute Gasteiger partial charge is 0.344 e. The normalized spacial score (nSPS) is 12.4.